The standard InChI is InChI=1S/C33H38N8O12/c1-4-48-32-34-27-12-7-11-26(31(42)50-21(3)51-33(43)49-18-8-13-28(53-41(46)47)20(2)52-40(44)45)29(27)39(32)19-22-14-16-23(17-15-22)24-9-5-6-10-25(24)30-35-37-38-36-30/h5-7,9-12,14-17,20-21,28,44-47H,4,8,13,18-19H2,1-3H3,(H,35,36,37,38)/t20-,21?,28-/m1/s1. The van der Waals surface area contributed by atoms with Gasteiger partial charge in [-0.05, 0) is 60.7 Å². The summed E-state index contributed by atoms with van der Waals surface area (Å²) in [6.45, 7) is 4.94. The number of nitrogens with zero attached hydrogens (tertiary/aromatic N) is 7. The zero-order chi connectivity index (χ0) is 37.9. The van der Waals surface area contributed by atoms with E-state index in [1.54, 1.807) is 22.8 Å². The topological polar surface area (TPSA) is 249 Å². The fourth-order valence-corrected chi connectivity index (χ4v) is 5.45. The average molecular weight is 739 g/mol. The van der Waals surface area contributed by atoms with Crippen molar-refractivity contribution in [2.75, 3.05) is 13.2 Å². The molecule has 0 aliphatic rings. The molecule has 0 aliphatic heterocycles. The van der Waals surface area contributed by atoms with E-state index in [2.05, 4.69) is 30.4 Å². The van der Waals surface area contributed by atoms with Crippen molar-refractivity contribution < 1.29 is 59.0 Å². The molecule has 0 amide bonds. The number of imidazole rings is 1. The number of hydrogen-bond donors (Lipinski definition) is 5. The van der Waals surface area contributed by atoms with Crippen molar-refractivity contribution in [2.45, 2.75) is 58.7 Å². The summed E-state index contributed by atoms with van der Waals surface area (Å²) in [7, 11) is 0. The van der Waals surface area contributed by atoms with Gasteiger partial charge in [0.25, 0.3) is 6.01 Å². The molecule has 0 radical (unpaired) electrons. The maximum Gasteiger partial charge on any atom is 0.511 e. The van der Waals surface area contributed by atoms with E-state index in [4.69, 9.17) is 44.6 Å². The van der Waals surface area contributed by atoms with Crippen LogP contribution in [0.25, 0.3) is 33.5 Å². The summed E-state index contributed by atoms with van der Waals surface area (Å²) >= 11 is 0. The second-order valence-electron chi connectivity index (χ2n) is 11.4. The van der Waals surface area contributed by atoms with E-state index >= 15 is 0 Å². The Morgan fingerprint density at radius 2 is 1.64 bits per heavy atom. The third-order valence-electron chi connectivity index (χ3n) is 7.75. The monoisotopic (exact) mass is 738 g/mol. The smallest absolute Gasteiger partial charge is 0.465 e. The molecule has 53 heavy (non-hydrogen) atoms. The molecular weight excluding hydrogens is 700 g/mol. The highest BCUT2D eigenvalue weighted by Gasteiger charge is 2.25. The molecule has 0 spiro atoms. The van der Waals surface area contributed by atoms with Gasteiger partial charge in [0.15, 0.2) is 0 Å². The van der Waals surface area contributed by atoms with Gasteiger partial charge in [-0.15, -0.1) is 10.2 Å². The number of carbonyl (C=O) groups is 2. The van der Waals surface area contributed by atoms with E-state index < -0.39 is 41.4 Å². The van der Waals surface area contributed by atoms with Crippen LogP contribution < -0.4 is 4.74 Å². The van der Waals surface area contributed by atoms with Gasteiger partial charge in [-0.2, -0.15) is 10.2 Å². The highest BCUT2D eigenvalue weighted by Crippen LogP contribution is 2.31. The molecule has 2 aromatic heterocycles. The number of carbonyl (C=O) groups excluding carboxylic acids is 2. The Balaban J connectivity index is 1.24. The number of H-pyrrole nitrogens is 1. The lowest BCUT2D eigenvalue weighted by molar-refractivity contribution is -0.537. The minimum atomic E-state index is -1.35. The summed E-state index contributed by atoms with van der Waals surface area (Å²) < 4.78 is 23.2. The van der Waals surface area contributed by atoms with Crippen molar-refractivity contribution in [3.8, 4) is 28.5 Å². The summed E-state index contributed by atoms with van der Waals surface area (Å²) in [5.74, 6) is -0.313. The van der Waals surface area contributed by atoms with Crippen molar-refractivity contribution in [3.05, 3.63) is 77.9 Å². The molecule has 20 heteroatoms. The molecule has 0 saturated heterocycles. The Morgan fingerprint density at radius 3 is 2.32 bits per heavy atom. The second kappa shape index (κ2) is 18.3. The van der Waals surface area contributed by atoms with Crippen LogP contribution in [0.15, 0.2) is 66.7 Å². The van der Waals surface area contributed by atoms with Gasteiger partial charge in [0.1, 0.15) is 12.2 Å². The van der Waals surface area contributed by atoms with Gasteiger partial charge in [-0.25, -0.2) is 19.3 Å². The number of aromatic amines is 1. The van der Waals surface area contributed by atoms with Crippen molar-refractivity contribution in [1.29, 1.82) is 0 Å². The molecule has 282 valence electrons. The van der Waals surface area contributed by atoms with Crippen molar-refractivity contribution in [3.63, 3.8) is 0 Å². The fraction of sp³-hybridized carbons (Fsp3) is 0.333. The highest BCUT2D eigenvalue weighted by atomic mass is 17.1. The van der Waals surface area contributed by atoms with Crippen LogP contribution in [0.5, 0.6) is 6.01 Å². The first-order valence-corrected chi connectivity index (χ1v) is 16.3. The van der Waals surface area contributed by atoms with Gasteiger partial charge in [-0.1, -0.05) is 54.6 Å². The quantitative estimate of drug-likeness (QED) is 0.0358. The molecule has 5 N–H and O–H groups in total. The molecule has 3 atom stereocenters. The summed E-state index contributed by atoms with van der Waals surface area (Å²) in [6, 6.07) is 20.8. The second-order valence-corrected chi connectivity index (χ2v) is 11.4. The number of ether oxygens (including phenoxy) is 4. The average Bonchev–Trinajstić information content (AvgIpc) is 3.78. The van der Waals surface area contributed by atoms with E-state index in [-0.39, 0.29) is 25.0 Å². The number of nitrogens with one attached hydrogen (secondary N) is 1. The van der Waals surface area contributed by atoms with E-state index in [9.17, 15) is 9.59 Å². The summed E-state index contributed by atoms with van der Waals surface area (Å²) in [6.07, 6.45) is -4.50. The number of fused-ring (bicyclic) bond motifs is 1. The predicted octanol–water partition coefficient (Wildman–Crippen LogP) is 4.55. The SMILES string of the molecule is CCOc1nc2cccc(C(=O)OC(C)OC(=O)OCCC[C@@H](ON(O)O)[C@@H](C)ON(O)O)c2n1Cc1ccc(-c2ccccc2-c2nn[nH]n2)cc1. The van der Waals surface area contributed by atoms with Crippen LogP contribution >= 0.6 is 0 Å². The zero-order valence-electron chi connectivity index (χ0n) is 28.8. The van der Waals surface area contributed by atoms with Gasteiger partial charge in [-0.3, -0.25) is 25.4 Å². The largest absolute Gasteiger partial charge is 0.511 e. The number of aromatic nitrogens is 6. The van der Waals surface area contributed by atoms with Gasteiger partial charge in [0.05, 0.1) is 47.1 Å². The minimum absolute atomic E-state index is 0.0193. The van der Waals surface area contributed by atoms with Gasteiger partial charge in [0.2, 0.25) is 12.1 Å². The summed E-state index contributed by atoms with van der Waals surface area (Å²) in [4.78, 5) is 39.7. The van der Waals surface area contributed by atoms with Crippen LogP contribution in [0, 0.1) is 0 Å². The Bertz CT molecular complexity index is 1940. The van der Waals surface area contributed by atoms with Crippen LogP contribution in [0.4, 0.5) is 4.79 Å². The van der Waals surface area contributed by atoms with Gasteiger partial charge >= 0.3 is 12.1 Å². The van der Waals surface area contributed by atoms with Crippen LogP contribution in [0.2, 0.25) is 0 Å². The van der Waals surface area contributed by atoms with Gasteiger partial charge < -0.3 is 18.9 Å². The first kappa shape index (κ1) is 38.6. The van der Waals surface area contributed by atoms with E-state index in [1.165, 1.54) is 13.8 Å². The molecule has 5 rings (SSSR count). The van der Waals surface area contributed by atoms with E-state index in [0.717, 1.165) is 22.3 Å². The Hall–Kier alpha value is -5.58. The van der Waals surface area contributed by atoms with Crippen LogP contribution in [-0.4, -0.2) is 106 Å². The van der Waals surface area contributed by atoms with E-state index in [1.807, 2.05) is 55.5 Å². The van der Waals surface area contributed by atoms with Gasteiger partial charge in [0, 0.05) is 12.5 Å². The summed E-state index contributed by atoms with van der Waals surface area (Å²) in [5, 5.41) is 48.8. The molecule has 20 nitrogen and oxygen atoms in total. The molecule has 2 heterocycles. The van der Waals surface area contributed by atoms with Crippen molar-refractivity contribution >= 4 is 23.2 Å². The van der Waals surface area contributed by atoms with Crippen LogP contribution in [-0.2, 0) is 30.4 Å². The fourth-order valence-electron chi connectivity index (χ4n) is 5.45. The maximum absolute atomic E-state index is 13.5. The third kappa shape index (κ3) is 10.3. The molecule has 0 saturated carbocycles. The predicted molar refractivity (Wildman–Crippen MR) is 178 cm³/mol. The normalized spacial score (nSPS) is 13.2. The minimum Gasteiger partial charge on any atom is -0.465 e. The van der Waals surface area contributed by atoms with Crippen LogP contribution in [0.3, 0.4) is 0 Å². The molecule has 0 aliphatic carbocycles. The number of rotatable bonds is 18. The third-order valence-corrected chi connectivity index (χ3v) is 7.75. The molecule has 0 fully saturated rings. The highest BCUT2D eigenvalue weighted by molar-refractivity contribution is 6.02. The lowest BCUT2D eigenvalue weighted by Crippen LogP contribution is -2.37. The first-order chi connectivity index (χ1) is 25.5. The summed E-state index contributed by atoms with van der Waals surface area (Å²) in [5.41, 5.74) is 4.67. The number of hydrogen-bond acceptors (Lipinski definition) is 18. The molecule has 3 aromatic carbocycles. The number of para-hydroxylation sites is 1. The Morgan fingerprint density at radius 1 is 0.906 bits per heavy atom. The number of esters is 1. The van der Waals surface area contributed by atoms with Crippen molar-refractivity contribution in [1.82, 2.24) is 41.0 Å². The lowest BCUT2D eigenvalue weighted by atomic mass is 9.98. The Kier molecular flexibility index (Phi) is 13.3. The lowest BCUT2D eigenvalue weighted by Gasteiger charge is -2.24. The molecule has 1 unspecified atom stereocenters. The van der Waals surface area contributed by atoms with Crippen molar-refractivity contribution in [2.24, 2.45) is 0 Å². The molecule has 0 bridgehead atoms. The molecule has 5 aromatic rings. The number of benzene rings is 3. The first-order valence-electron chi connectivity index (χ1n) is 16.3. The van der Waals surface area contributed by atoms with Crippen LogP contribution in [0.1, 0.15) is 49.5 Å². The Labute approximate surface area is 301 Å². The molecular formula is C33H38N8O12. The zero-order valence-corrected chi connectivity index (χ0v) is 28.8. The van der Waals surface area contributed by atoms with E-state index in [0.29, 0.717) is 36.0 Å². The number of tetrazole rings is 1. The maximum atomic E-state index is 13.5.